The van der Waals surface area contributed by atoms with Crippen LogP contribution in [0.2, 0.25) is 0 Å². The molecule has 0 saturated carbocycles. The lowest BCUT2D eigenvalue weighted by atomic mass is 10.00. The molecule has 1 atom stereocenters. The first kappa shape index (κ1) is 16.4. The highest BCUT2D eigenvalue weighted by atomic mass is 16.2. The van der Waals surface area contributed by atoms with Crippen LogP contribution in [0.1, 0.15) is 27.7 Å². The highest BCUT2D eigenvalue weighted by molar-refractivity contribution is 5.81. The summed E-state index contributed by atoms with van der Waals surface area (Å²) in [5.74, 6) is 0.129. The Morgan fingerprint density at radius 2 is 1.79 bits per heavy atom. The summed E-state index contributed by atoms with van der Waals surface area (Å²) in [6, 6.07) is -0.414. The smallest absolute Gasteiger partial charge is 0.237 e. The molecule has 0 bridgehead atoms. The van der Waals surface area contributed by atoms with E-state index in [0.717, 1.165) is 26.2 Å². The predicted octanol–water partition coefficient (Wildman–Crippen LogP) is 0.112. The third-order valence-corrected chi connectivity index (χ3v) is 4.08. The molecule has 19 heavy (non-hydrogen) atoms. The Morgan fingerprint density at radius 3 is 2.26 bits per heavy atom. The summed E-state index contributed by atoms with van der Waals surface area (Å²) in [6.07, 6.45) is 0. The van der Waals surface area contributed by atoms with Gasteiger partial charge in [0.1, 0.15) is 0 Å². The fourth-order valence-corrected chi connectivity index (χ4v) is 2.25. The van der Waals surface area contributed by atoms with E-state index in [0.29, 0.717) is 6.54 Å². The minimum absolute atomic E-state index is 0.0202. The first-order chi connectivity index (χ1) is 8.74. The van der Waals surface area contributed by atoms with Gasteiger partial charge in [0.2, 0.25) is 5.91 Å². The summed E-state index contributed by atoms with van der Waals surface area (Å²) in [7, 11) is 2.15. The van der Waals surface area contributed by atoms with Gasteiger partial charge in [0.05, 0.1) is 6.04 Å². The zero-order chi connectivity index (χ0) is 14.6. The number of rotatable bonds is 5. The van der Waals surface area contributed by atoms with E-state index in [-0.39, 0.29) is 17.4 Å². The highest BCUT2D eigenvalue weighted by Gasteiger charge is 2.30. The van der Waals surface area contributed by atoms with Crippen LogP contribution in [-0.4, -0.2) is 67.1 Å². The monoisotopic (exact) mass is 270 g/mol. The lowest BCUT2D eigenvalue weighted by Crippen LogP contribution is -2.59. The van der Waals surface area contributed by atoms with Crippen molar-refractivity contribution in [1.29, 1.82) is 0 Å². The zero-order valence-corrected chi connectivity index (χ0v) is 13.1. The van der Waals surface area contributed by atoms with Gasteiger partial charge in [-0.25, -0.2) is 0 Å². The normalized spacial score (nSPS) is 20.6. The van der Waals surface area contributed by atoms with Crippen LogP contribution in [0.4, 0.5) is 0 Å². The third kappa shape index (κ3) is 4.75. The van der Waals surface area contributed by atoms with E-state index < -0.39 is 6.04 Å². The molecule has 1 fully saturated rings. The first-order valence-corrected chi connectivity index (χ1v) is 7.21. The topological polar surface area (TPSA) is 61.6 Å². The third-order valence-electron chi connectivity index (χ3n) is 4.08. The molecule has 0 aromatic rings. The van der Waals surface area contributed by atoms with Gasteiger partial charge >= 0.3 is 0 Å². The standard InChI is InChI=1S/C14H30N4O/c1-11(2)12(15)13(19)16-10-14(3,4)18-8-6-17(5)7-9-18/h11-12H,6-10,15H2,1-5H3,(H,16,19)/t12-/m0/s1. The van der Waals surface area contributed by atoms with Gasteiger partial charge in [-0.2, -0.15) is 0 Å². The Balaban J connectivity index is 2.44. The summed E-state index contributed by atoms with van der Waals surface area (Å²) in [4.78, 5) is 16.7. The van der Waals surface area contributed by atoms with Crippen LogP contribution in [0.5, 0.6) is 0 Å². The van der Waals surface area contributed by atoms with E-state index in [9.17, 15) is 4.79 Å². The van der Waals surface area contributed by atoms with Crippen molar-refractivity contribution in [2.24, 2.45) is 11.7 Å². The molecular formula is C14H30N4O. The molecule has 1 rings (SSSR count). The van der Waals surface area contributed by atoms with Crippen molar-refractivity contribution in [3.05, 3.63) is 0 Å². The number of carbonyl (C=O) groups is 1. The van der Waals surface area contributed by atoms with Gasteiger partial charge in [-0.05, 0) is 26.8 Å². The van der Waals surface area contributed by atoms with Crippen LogP contribution >= 0.6 is 0 Å². The molecule has 0 aliphatic carbocycles. The summed E-state index contributed by atoms with van der Waals surface area (Å²) in [5, 5.41) is 2.99. The van der Waals surface area contributed by atoms with E-state index in [4.69, 9.17) is 5.73 Å². The summed E-state index contributed by atoms with van der Waals surface area (Å²) >= 11 is 0. The molecule has 3 N–H and O–H groups in total. The molecule has 5 heteroatoms. The minimum Gasteiger partial charge on any atom is -0.353 e. The van der Waals surface area contributed by atoms with Crippen molar-refractivity contribution >= 4 is 5.91 Å². The van der Waals surface area contributed by atoms with Gasteiger partial charge in [0, 0.05) is 38.3 Å². The second-order valence-corrected chi connectivity index (χ2v) is 6.59. The zero-order valence-electron chi connectivity index (χ0n) is 13.1. The molecule has 1 aliphatic rings. The van der Waals surface area contributed by atoms with Gasteiger partial charge in [0.25, 0.3) is 0 Å². The molecule has 1 amide bonds. The number of hydrogen-bond acceptors (Lipinski definition) is 4. The summed E-state index contributed by atoms with van der Waals surface area (Å²) < 4.78 is 0. The van der Waals surface area contributed by atoms with Crippen molar-refractivity contribution < 1.29 is 4.79 Å². The molecule has 1 saturated heterocycles. The Hall–Kier alpha value is -0.650. The molecule has 1 aliphatic heterocycles. The van der Waals surface area contributed by atoms with Crippen LogP contribution in [0.3, 0.4) is 0 Å². The van der Waals surface area contributed by atoms with Crippen LogP contribution in [0, 0.1) is 5.92 Å². The Bertz CT molecular complexity index is 296. The van der Waals surface area contributed by atoms with Gasteiger partial charge in [-0.15, -0.1) is 0 Å². The number of carbonyl (C=O) groups excluding carboxylic acids is 1. The number of piperazine rings is 1. The fourth-order valence-electron chi connectivity index (χ4n) is 2.25. The van der Waals surface area contributed by atoms with Crippen LogP contribution in [0.15, 0.2) is 0 Å². The maximum Gasteiger partial charge on any atom is 0.237 e. The van der Waals surface area contributed by atoms with Crippen LogP contribution in [-0.2, 0) is 4.79 Å². The van der Waals surface area contributed by atoms with E-state index in [1.807, 2.05) is 13.8 Å². The highest BCUT2D eigenvalue weighted by Crippen LogP contribution is 2.15. The van der Waals surface area contributed by atoms with Gasteiger partial charge in [0.15, 0.2) is 0 Å². The molecule has 112 valence electrons. The van der Waals surface area contributed by atoms with Gasteiger partial charge in [-0.3, -0.25) is 9.69 Å². The largest absolute Gasteiger partial charge is 0.353 e. The number of likely N-dealkylation sites (N-methyl/N-ethyl adjacent to an activating group) is 1. The molecule has 1 heterocycles. The molecule has 5 nitrogen and oxygen atoms in total. The van der Waals surface area contributed by atoms with Crippen LogP contribution < -0.4 is 11.1 Å². The number of amides is 1. The Kier molecular flexibility index (Phi) is 5.77. The number of nitrogens with zero attached hydrogens (tertiary/aromatic N) is 2. The molecular weight excluding hydrogens is 240 g/mol. The molecule has 0 radical (unpaired) electrons. The minimum atomic E-state index is -0.414. The summed E-state index contributed by atoms with van der Waals surface area (Å²) in [6.45, 7) is 13.2. The van der Waals surface area contributed by atoms with Crippen molar-refractivity contribution in [3.8, 4) is 0 Å². The fraction of sp³-hybridized carbons (Fsp3) is 0.929. The van der Waals surface area contributed by atoms with Crippen LogP contribution in [0.25, 0.3) is 0 Å². The average Bonchev–Trinajstić information content (AvgIpc) is 2.35. The predicted molar refractivity (Wildman–Crippen MR) is 79.0 cm³/mol. The lowest BCUT2D eigenvalue weighted by Gasteiger charge is -2.43. The second-order valence-electron chi connectivity index (χ2n) is 6.59. The van der Waals surface area contributed by atoms with Gasteiger partial charge < -0.3 is 16.0 Å². The van der Waals surface area contributed by atoms with Crippen molar-refractivity contribution in [3.63, 3.8) is 0 Å². The lowest BCUT2D eigenvalue weighted by molar-refractivity contribution is -0.123. The van der Waals surface area contributed by atoms with Crippen molar-refractivity contribution in [2.75, 3.05) is 39.8 Å². The Labute approximate surface area is 117 Å². The SMILES string of the molecule is CC(C)[C@H](N)C(=O)NCC(C)(C)N1CCN(C)CC1. The van der Waals surface area contributed by atoms with E-state index >= 15 is 0 Å². The van der Waals surface area contributed by atoms with E-state index in [1.165, 1.54) is 0 Å². The molecule has 0 aromatic carbocycles. The quantitative estimate of drug-likeness (QED) is 0.744. The van der Waals surface area contributed by atoms with Gasteiger partial charge in [-0.1, -0.05) is 13.8 Å². The number of nitrogens with two attached hydrogens (primary N) is 1. The Morgan fingerprint density at radius 1 is 1.26 bits per heavy atom. The molecule has 0 spiro atoms. The maximum absolute atomic E-state index is 11.9. The average molecular weight is 270 g/mol. The number of hydrogen-bond donors (Lipinski definition) is 2. The maximum atomic E-state index is 11.9. The van der Waals surface area contributed by atoms with E-state index in [2.05, 4.69) is 36.0 Å². The van der Waals surface area contributed by atoms with Crippen molar-refractivity contribution in [2.45, 2.75) is 39.3 Å². The first-order valence-electron chi connectivity index (χ1n) is 7.21. The van der Waals surface area contributed by atoms with Crippen molar-refractivity contribution in [1.82, 2.24) is 15.1 Å². The second kappa shape index (κ2) is 6.68. The molecule has 0 aromatic heterocycles. The van der Waals surface area contributed by atoms with E-state index in [1.54, 1.807) is 0 Å². The molecule has 0 unspecified atom stereocenters. The number of nitrogens with one attached hydrogen (secondary N) is 1. The summed E-state index contributed by atoms with van der Waals surface area (Å²) in [5.41, 5.74) is 5.83.